The topological polar surface area (TPSA) is 60.4 Å². The highest BCUT2D eigenvalue weighted by Crippen LogP contribution is 2.33. The lowest BCUT2D eigenvalue weighted by Crippen LogP contribution is -2.30. The summed E-state index contributed by atoms with van der Waals surface area (Å²) < 4.78 is 0. The Kier molecular flexibility index (Phi) is 1.66. The zero-order valence-corrected chi connectivity index (χ0v) is 6.68. The second-order valence-electron chi connectivity index (χ2n) is 3.72. The normalized spacial score (nSPS) is 24.0. The monoisotopic (exact) mass is 155 g/mol. The van der Waals surface area contributed by atoms with Crippen LogP contribution in [0.5, 0.6) is 0 Å². The largest absolute Gasteiger partial charge is 0.868 e. The van der Waals surface area contributed by atoms with Crippen LogP contribution in [-0.2, 0) is 4.79 Å². The molecule has 0 aromatic rings. The molecule has 0 fully saturated rings. The van der Waals surface area contributed by atoms with Crippen molar-refractivity contribution in [1.29, 1.82) is 0 Å². The minimum Gasteiger partial charge on any atom is -0.868 e. The Bertz CT molecular complexity index is 225. The van der Waals surface area contributed by atoms with Crippen LogP contribution in [0.15, 0.2) is 11.5 Å². The molecule has 0 unspecified atom stereocenters. The van der Waals surface area contributed by atoms with E-state index < -0.39 is 11.5 Å². The first-order valence-electron chi connectivity index (χ1n) is 3.55. The van der Waals surface area contributed by atoms with Crippen molar-refractivity contribution in [3.05, 3.63) is 11.5 Å². The molecule has 0 radical (unpaired) electrons. The third-order valence-corrected chi connectivity index (χ3v) is 1.80. The molecule has 0 aromatic carbocycles. The predicted molar refractivity (Wildman–Crippen MR) is 37.7 cm³/mol. The van der Waals surface area contributed by atoms with E-state index in [4.69, 9.17) is 5.11 Å². The summed E-state index contributed by atoms with van der Waals surface area (Å²) in [6, 6.07) is 0. The smallest absolute Gasteiger partial charge is 0.151 e. The maximum Gasteiger partial charge on any atom is 0.151 e. The molecule has 0 aromatic heterocycles. The molecule has 62 valence electrons. The molecular formula is C8H11O3-. The molecule has 3 nitrogen and oxygen atoms in total. The van der Waals surface area contributed by atoms with Gasteiger partial charge in [0.05, 0.1) is 5.76 Å². The summed E-state index contributed by atoms with van der Waals surface area (Å²) in [7, 11) is 0. The van der Waals surface area contributed by atoms with Gasteiger partial charge >= 0.3 is 0 Å². The summed E-state index contributed by atoms with van der Waals surface area (Å²) >= 11 is 0. The molecule has 0 heterocycles. The molecule has 0 aliphatic heterocycles. The summed E-state index contributed by atoms with van der Waals surface area (Å²) in [4.78, 5) is 10.9. The number of hydrogen-bond donors (Lipinski definition) is 1. The van der Waals surface area contributed by atoms with Gasteiger partial charge in [-0.2, -0.15) is 0 Å². The van der Waals surface area contributed by atoms with E-state index in [-0.39, 0.29) is 17.6 Å². The van der Waals surface area contributed by atoms with E-state index in [1.807, 2.05) is 13.8 Å². The van der Waals surface area contributed by atoms with E-state index in [1.54, 1.807) is 0 Å². The van der Waals surface area contributed by atoms with Crippen LogP contribution in [0.1, 0.15) is 26.7 Å². The maximum absolute atomic E-state index is 10.9. The van der Waals surface area contributed by atoms with Gasteiger partial charge in [-0.15, -0.1) is 0 Å². The fourth-order valence-corrected chi connectivity index (χ4v) is 1.27. The molecule has 0 saturated heterocycles. The first kappa shape index (κ1) is 8.11. The Hall–Kier alpha value is -0.990. The van der Waals surface area contributed by atoms with Gasteiger partial charge < -0.3 is 10.2 Å². The molecule has 11 heavy (non-hydrogen) atoms. The third kappa shape index (κ3) is 1.53. The first-order chi connectivity index (χ1) is 4.92. The molecule has 1 aliphatic carbocycles. The number of carbonyl (C=O) groups excluding carboxylic acids is 1. The van der Waals surface area contributed by atoms with E-state index in [1.165, 1.54) is 0 Å². The van der Waals surface area contributed by atoms with Crippen LogP contribution in [0.25, 0.3) is 0 Å². The Balaban J connectivity index is 2.94. The number of aliphatic hydroxyl groups is 1. The number of allylic oxidation sites excluding steroid dienone is 2. The van der Waals surface area contributed by atoms with Crippen LogP contribution in [0, 0.1) is 5.41 Å². The molecule has 1 aliphatic rings. The number of Topliss-reactive ketones (excluding diaryl/α,β-unsaturated/α-hetero) is 1. The summed E-state index contributed by atoms with van der Waals surface area (Å²) in [6.07, 6.45) is 0.563. The van der Waals surface area contributed by atoms with E-state index in [0.717, 1.165) is 0 Å². The van der Waals surface area contributed by atoms with Gasteiger partial charge in [0.25, 0.3) is 0 Å². The number of hydrogen-bond acceptors (Lipinski definition) is 3. The van der Waals surface area contributed by atoms with Crippen molar-refractivity contribution in [1.82, 2.24) is 0 Å². The molecule has 0 spiro atoms. The van der Waals surface area contributed by atoms with Crippen molar-refractivity contribution >= 4 is 5.78 Å². The molecule has 0 saturated carbocycles. The number of carbonyl (C=O) groups is 1. The Morgan fingerprint density at radius 2 is 2.00 bits per heavy atom. The molecule has 1 rings (SSSR count). The summed E-state index contributed by atoms with van der Waals surface area (Å²) in [5.74, 6) is -1.46. The fraction of sp³-hybridized carbons (Fsp3) is 0.625. The summed E-state index contributed by atoms with van der Waals surface area (Å²) in [6.45, 7) is 3.71. The Morgan fingerprint density at radius 1 is 1.45 bits per heavy atom. The first-order valence-corrected chi connectivity index (χ1v) is 3.55. The van der Waals surface area contributed by atoms with Crippen LogP contribution in [0.2, 0.25) is 0 Å². The third-order valence-electron chi connectivity index (χ3n) is 1.80. The maximum atomic E-state index is 10.9. The van der Waals surface area contributed by atoms with E-state index in [9.17, 15) is 9.90 Å². The Labute approximate surface area is 65.3 Å². The average Bonchev–Trinajstić information content (AvgIpc) is 1.81. The van der Waals surface area contributed by atoms with E-state index in [2.05, 4.69) is 0 Å². The quantitative estimate of drug-likeness (QED) is 0.554. The minimum atomic E-state index is -0.704. The van der Waals surface area contributed by atoms with Gasteiger partial charge in [0.15, 0.2) is 5.78 Å². The number of aliphatic hydroxyl groups excluding tert-OH is 1. The van der Waals surface area contributed by atoms with Crippen LogP contribution >= 0.6 is 0 Å². The lowest BCUT2D eigenvalue weighted by Gasteiger charge is -2.31. The van der Waals surface area contributed by atoms with Crippen LogP contribution < -0.4 is 5.11 Å². The number of rotatable bonds is 0. The summed E-state index contributed by atoms with van der Waals surface area (Å²) in [5.41, 5.74) is -0.255. The van der Waals surface area contributed by atoms with E-state index >= 15 is 0 Å². The molecule has 0 atom stereocenters. The minimum absolute atomic E-state index is 0.246. The van der Waals surface area contributed by atoms with Crippen molar-refractivity contribution in [3.8, 4) is 0 Å². The second kappa shape index (κ2) is 2.26. The average molecular weight is 155 g/mol. The van der Waals surface area contributed by atoms with Crippen molar-refractivity contribution < 1.29 is 15.0 Å². The predicted octanol–water partition coefficient (Wildman–Crippen LogP) is 0.505. The van der Waals surface area contributed by atoms with Crippen molar-refractivity contribution in [2.45, 2.75) is 26.7 Å². The SMILES string of the molecule is CC1(C)CC(=O)C([O-])=C(O)C1. The van der Waals surface area contributed by atoms with Crippen LogP contribution in [0.3, 0.4) is 0 Å². The van der Waals surface area contributed by atoms with Gasteiger partial charge in [-0.1, -0.05) is 13.8 Å². The van der Waals surface area contributed by atoms with Gasteiger partial charge in [0.2, 0.25) is 0 Å². The van der Waals surface area contributed by atoms with E-state index in [0.29, 0.717) is 6.42 Å². The second-order valence-corrected chi connectivity index (χ2v) is 3.72. The highest BCUT2D eigenvalue weighted by Gasteiger charge is 2.28. The summed E-state index contributed by atoms with van der Waals surface area (Å²) in [5, 5.41) is 19.8. The van der Waals surface area contributed by atoms with Gasteiger partial charge in [0, 0.05) is 12.8 Å². The lowest BCUT2D eigenvalue weighted by atomic mass is 9.79. The van der Waals surface area contributed by atoms with Crippen molar-refractivity contribution in [2.75, 3.05) is 0 Å². The molecule has 1 N–H and O–H groups in total. The highest BCUT2D eigenvalue weighted by molar-refractivity contribution is 5.94. The van der Waals surface area contributed by atoms with Gasteiger partial charge in [-0.3, -0.25) is 4.79 Å². The molecule has 3 heteroatoms. The standard InChI is InChI=1S/C8H12O3/c1-8(2)3-5(9)7(11)6(10)4-8/h9,11H,3-4H2,1-2H3/p-1. The zero-order chi connectivity index (χ0) is 8.65. The molecule has 0 amide bonds. The lowest BCUT2D eigenvalue weighted by molar-refractivity contribution is -0.304. The van der Waals surface area contributed by atoms with Gasteiger partial charge in [-0.25, -0.2) is 0 Å². The van der Waals surface area contributed by atoms with Crippen molar-refractivity contribution in [3.63, 3.8) is 0 Å². The van der Waals surface area contributed by atoms with Crippen LogP contribution in [-0.4, -0.2) is 10.9 Å². The highest BCUT2D eigenvalue weighted by atomic mass is 16.3. The molecule has 0 bridgehead atoms. The Morgan fingerprint density at radius 3 is 2.45 bits per heavy atom. The number of ketones is 1. The fourth-order valence-electron chi connectivity index (χ4n) is 1.27. The van der Waals surface area contributed by atoms with Gasteiger partial charge in [0.1, 0.15) is 0 Å². The van der Waals surface area contributed by atoms with Gasteiger partial charge in [-0.05, 0) is 11.2 Å². The zero-order valence-electron chi connectivity index (χ0n) is 6.68. The molecular weight excluding hydrogens is 144 g/mol. The van der Waals surface area contributed by atoms with Crippen LogP contribution in [0.4, 0.5) is 0 Å². The van der Waals surface area contributed by atoms with Crippen molar-refractivity contribution in [2.24, 2.45) is 5.41 Å².